The van der Waals surface area contributed by atoms with Crippen molar-refractivity contribution in [1.29, 1.82) is 0 Å². The van der Waals surface area contributed by atoms with Crippen LogP contribution in [0.4, 0.5) is 8.78 Å². The van der Waals surface area contributed by atoms with Crippen molar-refractivity contribution in [1.82, 2.24) is 4.90 Å². The molecule has 3 aromatic carbocycles. The van der Waals surface area contributed by atoms with Crippen molar-refractivity contribution in [2.45, 2.75) is 54.5 Å². The highest BCUT2D eigenvalue weighted by molar-refractivity contribution is 7.98. The summed E-state index contributed by atoms with van der Waals surface area (Å²) in [4.78, 5) is 16.4. The third kappa shape index (κ3) is 5.08. The second-order valence-electron chi connectivity index (χ2n) is 8.82. The van der Waals surface area contributed by atoms with Gasteiger partial charge in [-0.15, -0.1) is 11.8 Å². The number of carbonyl (C=O) groups excluding carboxylic acids is 1. The number of rotatable bonds is 6. The standard InChI is InChI=1S/C27H24ClF2NO2S/c28-19-5-10-24(11-6-19)34-16-17-1-3-18(4-2-17)27(32)31-21-8-9-22(31)15-23(14-21)33-26-12-7-20(29)13-25(26)30/h1-7,10-13,21-23H,8-9,14-16H2. The van der Waals surface area contributed by atoms with Crippen LogP contribution in [0.1, 0.15) is 41.6 Å². The molecule has 3 nitrogen and oxygen atoms in total. The highest BCUT2D eigenvalue weighted by Crippen LogP contribution is 2.38. The molecule has 2 saturated heterocycles. The van der Waals surface area contributed by atoms with Gasteiger partial charge in [0.25, 0.3) is 5.91 Å². The Bertz CT molecular complexity index is 1160. The third-order valence-corrected chi connectivity index (χ3v) is 7.87. The summed E-state index contributed by atoms with van der Waals surface area (Å²) in [5.41, 5.74) is 1.83. The third-order valence-electron chi connectivity index (χ3n) is 6.53. The molecule has 3 aromatic rings. The number of nitrogens with zero attached hydrogens (tertiary/aromatic N) is 1. The van der Waals surface area contributed by atoms with Crippen LogP contribution in [-0.4, -0.2) is 29.0 Å². The normalized spacial score (nSPS) is 21.5. The molecule has 2 atom stereocenters. The first-order valence-corrected chi connectivity index (χ1v) is 12.7. The van der Waals surface area contributed by atoms with Gasteiger partial charge in [0, 0.05) is 52.2 Å². The van der Waals surface area contributed by atoms with Crippen molar-refractivity contribution in [3.05, 3.63) is 94.5 Å². The molecule has 2 bridgehead atoms. The monoisotopic (exact) mass is 499 g/mol. The molecule has 2 unspecified atom stereocenters. The second-order valence-corrected chi connectivity index (χ2v) is 10.3. The van der Waals surface area contributed by atoms with Crippen LogP contribution in [0.5, 0.6) is 5.75 Å². The first-order chi connectivity index (χ1) is 16.5. The SMILES string of the molecule is O=C(c1ccc(CSc2ccc(Cl)cc2)cc1)N1C2CCC1CC(Oc1ccc(F)cc1F)C2. The molecule has 0 saturated carbocycles. The Morgan fingerprint density at radius 3 is 2.29 bits per heavy atom. The quantitative estimate of drug-likeness (QED) is 0.338. The summed E-state index contributed by atoms with van der Waals surface area (Å²) >= 11 is 7.66. The minimum Gasteiger partial charge on any atom is -0.487 e. The van der Waals surface area contributed by atoms with Crippen LogP contribution in [0.25, 0.3) is 0 Å². The molecule has 7 heteroatoms. The van der Waals surface area contributed by atoms with Gasteiger partial charge in [-0.05, 0) is 66.9 Å². The Morgan fingerprint density at radius 2 is 1.65 bits per heavy atom. The molecule has 2 aliphatic heterocycles. The maximum atomic E-state index is 14.0. The van der Waals surface area contributed by atoms with E-state index in [1.165, 1.54) is 12.1 Å². The molecule has 0 aliphatic carbocycles. The Kier molecular flexibility index (Phi) is 6.79. The summed E-state index contributed by atoms with van der Waals surface area (Å²) in [6.07, 6.45) is 2.94. The van der Waals surface area contributed by atoms with E-state index in [1.807, 2.05) is 53.4 Å². The van der Waals surface area contributed by atoms with Gasteiger partial charge >= 0.3 is 0 Å². The van der Waals surface area contributed by atoms with Crippen LogP contribution in [0, 0.1) is 11.6 Å². The number of thioether (sulfide) groups is 1. The molecule has 0 radical (unpaired) electrons. The number of benzene rings is 3. The van der Waals surface area contributed by atoms with Crippen LogP contribution < -0.4 is 4.74 Å². The van der Waals surface area contributed by atoms with Crippen molar-refractivity contribution >= 4 is 29.3 Å². The molecule has 34 heavy (non-hydrogen) atoms. The van der Waals surface area contributed by atoms with E-state index in [-0.39, 0.29) is 29.8 Å². The first-order valence-electron chi connectivity index (χ1n) is 11.4. The van der Waals surface area contributed by atoms with Crippen LogP contribution >= 0.6 is 23.4 Å². The Balaban J connectivity index is 1.20. The minimum absolute atomic E-state index is 0.0378. The van der Waals surface area contributed by atoms with Crippen molar-refractivity contribution < 1.29 is 18.3 Å². The lowest BCUT2D eigenvalue weighted by atomic mass is 9.98. The summed E-state index contributed by atoms with van der Waals surface area (Å²) in [7, 11) is 0. The predicted molar refractivity (Wildman–Crippen MR) is 130 cm³/mol. The molecular formula is C27H24ClF2NO2S. The molecule has 0 aromatic heterocycles. The molecule has 2 aliphatic rings. The van der Waals surface area contributed by atoms with E-state index in [9.17, 15) is 13.6 Å². The lowest BCUT2D eigenvalue weighted by molar-refractivity contribution is 0.0349. The number of ether oxygens (including phenoxy) is 1. The number of fused-ring (bicyclic) bond motifs is 2. The molecule has 2 heterocycles. The number of piperidine rings is 1. The van der Waals surface area contributed by atoms with Gasteiger partial charge in [0.2, 0.25) is 0 Å². The fraction of sp³-hybridized carbons (Fsp3) is 0.296. The Hall–Kier alpha value is -2.57. The molecule has 0 spiro atoms. The van der Waals surface area contributed by atoms with Gasteiger partial charge < -0.3 is 9.64 Å². The van der Waals surface area contributed by atoms with Crippen LogP contribution in [-0.2, 0) is 5.75 Å². The van der Waals surface area contributed by atoms with Gasteiger partial charge in [0.05, 0.1) is 0 Å². The molecule has 1 amide bonds. The van der Waals surface area contributed by atoms with E-state index in [1.54, 1.807) is 11.8 Å². The van der Waals surface area contributed by atoms with Crippen molar-refractivity contribution in [3.8, 4) is 5.75 Å². The zero-order valence-corrected chi connectivity index (χ0v) is 20.0. The number of carbonyl (C=O) groups is 1. The van der Waals surface area contributed by atoms with Gasteiger partial charge in [0.1, 0.15) is 11.9 Å². The highest BCUT2D eigenvalue weighted by Gasteiger charge is 2.44. The topological polar surface area (TPSA) is 29.5 Å². The maximum Gasteiger partial charge on any atom is 0.254 e. The first kappa shape index (κ1) is 23.2. The average molecular weight is 500 g/mol. The van der Waals surface area contributed by atoms with E-state index in [0.717, 1.165) is 40.1 Å². The smallest absolute Gasteiger partial charge is 0.254 e. The number of halogens is 3. The van der Waals surface area contributed by atoms with E-state index >= 15 is 0 Å². The maximum absolute atomic E-state index is 14.0. The fourth-order valence-corrected chi connectivity index (χ4v) is 5.88. The zero-order valence-electron chi connectivity index (χ0n) is 18.4. The second kappa shape index (κ2) is 9.96. The molecular weight excluding hydrogens is 476 g/mol. The summed E-state index contributed by atoms with van der Waals surface area (Å²) in [6, 6.07) is 19.1. The fourth-order valence-electron chi connectivity index (χ4n) is 4.90. The summed E-state index contributed by atoms with van der Waals surface area (Å²) in [5.74, 6) is -0.405. The molecule has 176 valence electrons. The summed E-state index contributed by atoms with van der Waals surface area (Å²) in [5, 5.41) is 0.722. The Morgan fingerprint density at radius 1 is 0.971 bits per heavy atom. The average Bonchev–Trinajstić information content (AvgIpc) is 3.10. The van der Waals surface area contributed by atoms with Gasteiger partial charge in [-0.2, -0.15) is 0 Å². The van der Waals surface area contributed by atoms with Gasteiger partial charge in [-0.3, -0.25) is 4.79 Å². The van der Waals surface area contributed by atoms with E-state index in [4.69, 9.17) is 16.3 Å². The van der Waals surface area contributed by atoms with Crippen LogP contribution in [0.2, 0.25) is 5.02 Å². The summed E-state index contributed by atoms with van der Waals surface area (Å²) < 4.78 is 33.0. The number of amides is 1. The van der Waals surface area contributed by atoms with Crippen molar-refractivity contribution in [2.75, 3.05) is 0 Å². The summed E-state index contributed by atoms with van der Waals surface area (Å²) in [6.45, 7) is 0. The number of hydrogen-bond acceptors (Lipinski definition) is 3. The van der Waals surface area contributed by atoms with Crippen LogP contribution in [0.15, 0.2) is 71.6 Å². The van der Waals surface area contributed by atoms with Crippen LogP contribution in [0.3, 0.4) is 0 Å². The predicted octanol–water partition coefficient (Wildman–Crippen LogP) is 7.13. The lowest BCUT2D eigenvalue weighted by Gasteiger charge is -2.39. The lowest BCUT2D eigenvalue weighted by Crippen LogP contribution is -2.49. The van der Waals surface area contributed by atoms with E-state index < -0.39 is 11.6 Å². The molecule has 2 fully saturated rings. The number of hydrogen-bond donors (Lipinski definition) is 0. The largest absolute Gasteiger partial charge is 0.487 e. The molecule has 5 rings (SSSR count). The van der Waals surface area contributed by atoms with Gasteiger partial charge in [-0.1, -0.05) is 23.7 Å². The van der Waals surface area contributed by atoms with Crippen molar-refractivity contribution in [3.63, 3.8) is 0 Å². The Labute approximate surface area is 207 Å². The minimum atomic E-state index is -0.694. The molecule has 0 N–H and O–H groups in total. The van der Waals surface area contributed by atoms with E-state index in [2.05, 4.69) is 0 Å². The van der Waals surface area contributed by atoms with E-state index in [0.29, 0.717) is 18.4 Å². The highest BCUT2D eigenvalue weighted by atomic mass is 35.5. The zero-order chi connectivity index (χ0) is 23.7. The van der Waals surface area contributed by atoms with Gasteiger partial charge in [-0.25, -0.2) is 8.78 Å². The van der Waals surface area contributed by atoms with Crippen molar-refractivity contribution in [2.24, 2.45) is 0 Å². The van der Waals surface area contributed by atoms with Gasteiger partial charge in [0.15, 0.2) is 11.6 Å².